The molecule has 0 radical (unpaired) electrons. The monoisotopic (exact) mass is 224 g/mol. The minimum Gasteiger partial charge on any atom is -0.354 e. The van der Waals surface area contributed by atoms with Gasteiger partial charge in [0, 0.05) is 24.7 Å². The van der Waals surface area contributed by atoms with E-state index in [1.54, 1.807) is 0 Å². The summed E-state index contributed by atoms with van der Waals surface area (Å²) in [6.45, 7) is 3.38. The molecule has 0 N–H and O–H groups in total. The molecule has 0 spiro atoms. The Labute approximate surface area is 96.3 Å². The third-order valence-electron chi connectivity index (χ3n) is 3.11. The lowest BCUT2D eigenvalue weighted by Gasteiger charge is -2.24. The van der Waals surface area contributed by atoms with E-state index in [0.29, 0.717) is 11.9 Å². The van der Waals surface area contributed by atoms with E-state index < -0.39 is 0 Å². The number of rotatable bonds is 3. The summed E-state index contributed by atoms with van der Waals surface area (Å²) in [5.41, 5.74) is 1.16. The van der Waals surface area contributed by atoms with E-state index in [4.69, 9.17) is 11.6 Å². The lowest BCUT2D eigenvalue weighted by molar-refractivity contribution is 0.640. The molecular weight excluding hydrogens is 208 g/mol. The van der Waals surface area contributed by atoms with E-state index in [1.807, 2.05) is 12.3 Å². The molecule has 1 aromatic rings. The molecule has 0 aromatic carbocycles. The molecule has 15 heavy (non-hydrogen) atoms. The summed E-state index contributed by atoms with van der Waals surface area (Å²) in [5, 5.41) is 0. The standard InChI is InChI=1S/C12H17ClN2/c1-2-11-4-3-7-15(11)12-8-10(9-13)5-6-14-12/h5-6,8,11H,2-4,7,9H2,1H3. The van der Waals surface area contributed by atoms with Crippen molar-refractivity contribution >= 4 is 17.4 Å². The maximum Gasteiger partial charge on any atom is 0.129 e. The summed E-state index contributed by atoms with van der Waals surface area (Å²) in [5.74, 6) is 1.66. The Morgan fingerprint density at radius 1 is 1.60 bits per heavy atom. The first-order valence-electron chi connectivity index (χ1n) is 5.62. The fourth-order valence-corrected chi connectivity index (χ4v) is 2.43. The molecule has 1 aromatic heterocycles. The molecule has 1 aliphatic rings. The number of hydrogen-bond acceptors (Lipinski definition) is 2. The molecule has 1 saturated heterocycles. The van der Waals surface area contributed by atoms with Crippen molar-refractivity contribution in [3.05, 3.63) is 23.9 Å². The molecule has 1 atom stereocenters. The van der Waals surface area contributed by atoms with Crippen LogP contribution in [0.1, 0.15) is 31.7 Å². The van der Waals surface area contributed by atoms with Crippen molar-refractivity contribution in [1.82, 2.24) is 4.98 Å². The number of halogens is 1. The average molecular weight is 225 g/mol. The maximum absolute atomic E-state index is 5.83. The van der Waals surface area contributed by atoms with Crippen LogP contribution in [0.15, 0.2) is 18.3 Å². The Bertz CT molecular complexity index is 327. The molecule has 2 nitrogen and oxygen atoms in total. The Hall–Kier alpha value is -0.760. The van der Waals surface area contributed by atoms with E-state index in [0.717, 1.165) is 17.9 Å². The lowest BCUT2D eigenvalue weighted by Crippen LogP contribution is -2.29. The molecule has 1 aliphatic heterocycles. The zero-order valence-corrected chi connectivity index (χ0v) is 9.87. The first-order valence-corrected chi connectivity index (χ1v) is 6.16. The number of alkyl halides is 1. The highest BCUT2D eigenvalue weighted by molar-refractivity contribution is 6.17. The van der Waals surface area contributed by atoms with Crippen molar-refractivity contribution in [2.45, 2.75) is 38.1 Å². The molecule has 1 unspecified atom stereocenters. The summed E-state index contributed by atoms with van der Waals surface area (Å²) >= 11 is 5.83. The summed E-state index contributed by atoms with van der Waals surface area (Å²) < 4.78 is 0. The van der Waals surface area contributed by atoms with Gasteiger partial charge in [0.2, 0.25) is 0 Å². The van der Waals surface area contributed by atoms with Crippen LogP contribution < -0.4 is 4.90 Å². The highest BCUT2D eigenvalue weighted by Gasteiger charge is 2.23. The molecular formula is C12H17ClN2. The first-order chi connectivity index (χ1) is 7.35. The van der Waals surface area contributed by atoms with Crippen LogP contribution in [0, 0.1) is 0 Å². The molecule has 2 rings (SSSR count). The van der Waals surface area contributed by atoms with Gasteiger partial charge in [-0.2, -0.15) is 0 Å². The number of aromatic nitrogens is 1. The van der Waals surface area contributed by atoms with Gasteiger partial charge in [-0.25, -0.2) is 4.98 Å². The van der Waals surface area contributed by atoms with Crippen LogP contribution in [0.5, 0.6) is 0 Å². The molecule has 0 bridgehead atoms. The van der Waals surface area contributed by atoms with Crippen molar-refractivity contribution in [2.24, 2.45) is 0 Å². The van der Waals surface area contributed by atoms with Crippen LogP contribution >= 0.6 is 11.6 Å². The second kappa shape index (κ2) is 4.84. The third kappa shape index (κ3) is 2.25. The largest absolute Gasteiger partial charge is 0.354 e. The molecule has 3 heteroatoms. The van der Waals surface area contributed by atoms with Crippen LogP contribution in [0.25, 0.3) is 0 Å². The van der Waals surface area contributed by atoms with E-state index in [1.165, 1.54) is 19.3 Å². The summed E-state index contributed by atoms with van der Waals surface area (Å²) in [6, 6.07) is 4.76. The molecule has 0 saturated carbocycles. The average Bonchev–Trinajstić information content (AvgIpc) is 2.77. The number of anilines is 1. The topological polar surface area (TPSA) is 16.1 Å². The van der Waals surface area contributed by atoms with Gasteiger partial charge in [0.1, 0.15) is 5.82 Å². The first kappa shape index (κ1) is 10.7. The summed E-state index contributed by atoms with van der Waals surface area (Å²) in [6.07, 6.45) is 5.64. The smallest absolute Gasteiger partial charge is 0.129 e. The van der Waals surface area contributed by atoms with E-state index in [-0.39, 0.29) is 0 Å². The summed E-state index contributed by atoms with van der Waals surface area (Å²) in [7, 11) is 0. The van der Waals surface area contributed by atoms with Crippen LogP contribution in [0.3, 0.4) is 0 Å². The zero-order chi connectivity index (χ0) is 10.7. The highest BCUT2D eigenvalue weighted by atomic mass is 35.5. The fourth-order valence-electron chi connectivity index (χ4n) is 2.26. The molecule has 1 fully saturated rings. The SMILES string of the molecule is CCC1CCCN1c1cc(CCl)ccn1. The molecule has 82 valence electrons. The van der Waals surface area contributed by atoms with Gasteiger partial charge in [-0.1, -0.05) is 6.92 Å². The van der Waals surface area contributed by atoms with Gasteiger partial charge < -0.3 is 4.90 Å². The van der Waals surface area contributed by atoms with E-state index >= 15 is 0 Å². The van der Waals surface area contributed by atoms with Crippen LogP contribution in [0.4, 0.5) is 5.82 Å². The predicted molar refractivity (Wildman–Crippen MR) is 64.5 cm³/mol. The molecule has 0 amide bonds. The van der Waals surface area contributed by atoms with E-state index in [2.05, 4.69) is 22.9 Å². The Kier molecular flexibility index (Phi) is 3.47. The fraction of sp³-hybridized carbons (Fsp3) is 0.583. The Balaban J connectivity index is 2.20. The van der Waals surface area contributed by atoms with Crippen molar-refractivity contribution in [3.63, 3.8) is 0 Å². The van der Waals surface area contributed by atoms with Gasteiger partial charge >= 0.3 is 0 Å². The van der Waals surface area contributed by atoms with Crippen LogP contribution in [-0.2, 0) is 5.88 Å². The van der Waals surface area contributed by atoms with Crippen LogP contribution in [0.2, 0.25) is 0 Å². The number of hydrogen-bond donors (Lipinski definition) is 0. The Morgan fingerprint density at radius 2 is 2.47 bits per heavy atom. The minimum atomic E-state index is 0.570. The van der Waals surface area contributed by atoms with Crippen molar-refractivity contribution in [2.75, 3.05) is 11.4 Å². The van der Waals surface area contributed by atoms with Gasteiger partial charge in [-0.15, -0.1) is 11.6 Å². The van der Waals surface area contributed by atoms with Crippen molar-refractivity contribution < 1.29 is 0 Å². The van der Waals surface area contributed by atoms with Gasteiger partial charge in [0.05, 0.1) is 0 Å². The predicted octanol–water partition coefficient (Wildman–Crippen LogP) is 3.20. The quantitative estimate of drug-likeness (QED) is 0.733. The van der Waals surface area contributed by atoms with Crippen molar-refractivity contribution in [3.8, 4) is 0 Å². The van der Waals surface area contributed by atoms with Gasteiger partial charge in [-0.3, -0.25) is 0 Å². The zero-order valence-electron chi connectivity index (χ0n) is 9.12. The minimum absolute atomic E-state index is 0.570. The maximum atomic E-state index is 5.83. The third-order valence-corrected chi connectivity index (χ3v) is 3.42. The highest BCUT2D eigenvalue weighted by Crippen LogP contribution is 2.26. The normalized spacial score (nSPS) is 20.9. The second-order valence-corrected chi connectivity index (χ2v) is 4.32. The number of nitrogens with zero attached hydrogens (tertiary/aromatic N) is 2. The lowest BCUT2D eigenvalue weighted by atomic mass is 10.1. The number of pyridine rings is 1. The molecule has 0 aliphatic carbocycles. The Morgan fingerprint density at radius 3 is 3.20 bits per heavy atom. The van der Waals surface area contributed by atoms with Gasteiger partial charge in [0.15, 0.2) is 0 Å². The van der Waals surface area contributed by atoms with Crippen molar-refractivity contribution in [1.29, 1.82) is 0 Å². The molecule has 2 heterocycles. The second-order valence-electron chi connectivity index (χ2n) is 4.05. The summed E-state index contributed by atoms with van der Waals surface area (Å²) in [4.78, 5) is 6.85. The van der Waals surface area contributed by atoms with E-state index in [9.17, 15) is 0 Å². The van der Waals surface area contributed by atoms with Crippen LogP contribution in [-0.4, -0.2) is 17.6 Å². The van der Waals surface area contributed by atoms with Gasteiger partial charge in [-0.05, 0) is 37.0 Å². The van der Waals surface area contributed by atoms with Gasteiger partial charge in [0.25, 0.3) is 0 Å².